The molecule has 0 bridgehead atoms. The van der Waals surface area contributed by atoms with Crippen molar-refractivity contribution in [2.45, 2.75) is 38.2 Å². The standard InChI is InChI=1S/C19H25N3O2/c1-21(14-16-5-2-3-6-18(16)23)19(24)13-15-7-9-17(10-8-15)22-12-4-11-20-22/h4,7-12,16,18,23H,2-3,5-6,13-14H2,1H3. The van der Waals surface area contributed by atoms with E-state index in [9.17, 15) is 9.90 Å². The topological polar surface area (TPSA) is 58.4 Å². The minimum absolute atomic E-state index is 0.0969. The molecule has 1 fully saturated rings. The number of hydrogen-bond acceptors (Lipinski definition) is 3. The van der Waals surface area contributed by atoms with Gasteiger partial charge in [-0.05, 0) is 36.6 Å². The second-order valence-electron chi connectivity index (χ2n) is 6.68. The first kappa shape index (κ1) is 16.7. The smallest absolute Gasteiger partial charge is 0.226 e. The van der Waals surface area contributed by atoms with E-state index in [0.717, 1.165) is 36.9 Å². The van der Waals surface area contributed by atoms with Crippen LogP contribution in [0, 0.1) is 5.92 Å². The summed E-state index contributed by atoms with van der Waals surface area (Å²) in [5, 5.41) is 14.3. The molecule has 3 rings (SSSR count). The van der Waals surface area contributed by atoms with Crippen LogP contribution in [-0.2, 0) is 11.2 Å². The number of nitrogens with zero attached hydrogens (tertiary/aromatic N) is 3. The van der Waals surface area contributed by atoms with Gasteiger partial charge in [-0.15, -0.1) is 0 Å². The minimum atomic E-state index is -0.262. The second kappa shape index (κ2) is 7.62. The van der Waals surface area contributed by atoms with E-state index in [-0.39, 0.29) is 17.9 Å². The molecule has 1 heterocycles. The molecule has 2 aromatic rings. The number of rotatable bonds is 5. The van der Waals surface area contributed by atoms with Crippen molar-refractivity contribution in [1.29, 1.82) is 0 Å². The van der Waals surface area contributed by atoms with Gasteiger partial charge in [0.05, 0.1) is 18.2 Å². The number of aliphatic hydroxyl groups excluding tert-OH is 1. The van der Waals surface area contributed by atoms with Crippen molar-refractivity contribution in [1.82, 2.24) is 14.7 Å². The maximum absolute atomic E-state index is 12.4. The first-order chi connectivity index (χ1) is 11.6. The summed E-state index contributed by atoms with van der Waals surface area (Å²) in [7, 11) is 1.84. The van der Waals surface area contributed by atoms with Crippen LogP contribution in [0.3, 0.4) is 0 Å². The van der Waals surface area contributed by atoms with Crippen molar-refractivity contribution >= 4 is 5.91 Å². The molecule has 2 unspecified atom stereocenters. The average Bonchev–Trinajstić information content (AvgIpc) is 3.12. The van der Waals surface area contributed by atoms with Gasteiger partial charge in [0.2, 0.25) is 5.91 Å². The van der Waals surface area contributed by atoms with Crippen LogP contribution in [0.2, 0.25) is 0 Å². The molecule has 0 aliphatic heterocycles. The van der Waals surface area contributed by atoms with Crippen molar-refractivity contribution < 1.29 is 9.90 Å². The average molecular weight is 327 g/mol. The largest absolute Gasteiger partial charge is 0.393 e. The predicted molar refractivity (Wildman–Crippen MR) is 92.9 cm³/mol. The highest BCUT2D eigenvalue weighted by Gasteiger charge is 2.25. The molecule has 1 N–H and O–H groups in total. The Hall–Kier alpha value is -2.14. The van der Waals surface area contributed by atoms with Crippen LogP contribution in [0.25, 0.3) is 5.69 Å². The first-order valence-corrected chi connectivity index (χ1v) is 8.64. The summed E-state index contributed by atoms with van der Waals surface area (Å²) in [4.78, 5) is 14.2. The van der Waals surface area contributed by atoms with Gasteiger partial charge in [0, 0.05) is 31.9 Å². The zero-order chi connectivity index (χ0) is 16.9. The SMILES string of the molecule is CN(CC1CCCCC1O)C(=O)Cc1ccc(-n2cccn2)cc1. The fourth-order valence-corrected chi connectivity index (χ4v) is 3.35. The van der Waals surface area contributed by atoms with E-state index < -0.39 is 0 Å². The van der Waals surface area contributed by atoms with Crippen molar-refractivity contribution in [3.05, 3.63) is 48.3 Å². The number of benzene rings is 1. The lowest BCUT2D eigenvalue weighted by atomic mass is 9.86. The molecule has 1 aromatic heterocycles. The molecule has 0 radical (unpaired) electrons. The van der Waals surface area contributed by atoms with Gasteiger partial charge in [-0.3, -0.25) is 4.79 Å². The van der Waals surface area contributed by atoms with Crippen LogP contribution in [-0.4, -0.2) is 45.4 Å². The number of hydrogen-bond donors (Lipinski definition) is 1. The van der Waals surface area contributed by atoms with Crippen LogP contribution >= 0.6 is 0 Å². The quantitative estimate of drug-likeness (QED) is 0.917. The van der Waals surface area contributed by atoms with Crippen LogP contribution < -0.4 is 0 Å². The Labute approximate surface area is 142 Å². The first-order valence-electron chi connectivity index (χ1n) is 8.64. The highest BCUT2D eigenvalue weighted by atomic mass is 16.3. The molecule has 1 aliphatic rings. The Balaban J connectivity index is 1.55. The molecule has 2 atom stereocenters. The fraction of sp³-hybridized carbons (Fsp3) is 0.474. The van der Waals surface area contributed by atoms with Gasteiger partial charge in [0.25, 0.3) is 0 Å². The molecule has 5 heteroatoms. The summed E-state index contributed by atoms with van der Waals surface area (Å²) in [6, 6.07) is 9.77. The summed E-state index contributed by atoms with van der Waals surface area (Å²) in [5.74, 6) is 0.314. The van der Waals surface area contributed by atoms with E-state index in [2.05, 4.69) is 5.10 Å². The lowest BCUT2D eigenvalue weighted by Gasteiger charge is -2.31. The van der Waals surface area contributed by atoms with Gasteiger partial charge < -0.3 is 10.0 Å². The van der Waals surface area contributed by atoms with Gasteiger partial charge >= 0.3 is 0 Å². The Bertz CT molecular complexity index is 652. The Morgan fingerprint density at radius 1 is 1.29 bits per heavy atom. The Morgan fingerprint density at radius 3 is 2.71 bits per heavy atom. The number of carbonyl (C=O) groups is 1. The lowest BCUT2D eigenvalue weighted by Crippen LogP contribution is -2.38. The molecule has 128 valence electrons. The van der Waals surface area contributed by atoms with Crippen molar-refractivity contribution in [2.24, 2.45) is 5.92 Å². The van der Waals surface area contributed by atoms with Crippen LogP contribution in [0.15, 0.2) is 42.7 Å². The third-order valence-electron chi connectivity index (χ3n) is 4.86. The monoisotopic (exact) mass is 327 g/mol. The third kappa shape index (κ3) is 4.03. The van der Waals surface area contributed by atoms with E-state index in [1.165, 1.54) is 0 Å². The Morgan fingerprint density at radius 2 is 2.04 bits per heavy atom. The molecule has 1 amide bonds. The maximum Gasteiger partial charge on any atom is 0.226 e. The zero-order valence-electron chi connectivity index (χ0n) is 14.1. The molecule has 1 aliphatic carbocycles. The van der Waals surface area contributed by atoms with Gasteiger partial charge in [0.1, 0.15) is 0 Å². The summed E-state index contributed by atoms with van der Waals surface area (Å²) >= 11 is 0. The minimum Gasteiger partial charge on any atom is -0.393 e. The Kier molecular flexibility index (Phi) is 5.30. The van der Waals surface area contributed by atoms with Crippen LogP contribution in [0.1, 0.15) is 31.2 Å². The molecular weight excluding hydrogens is 302 g/mol. The summed E-state index contributed by atoms with van der Waals surface area (Å²) in [6.07, 6.45) is 7.88. The van der Waals surface area contributed by atoms with Gasteiger partial charge in [-0.1, -0.05) is 25.0 Å². The van der Waals surface area contributed by atoms with Crippen LogP contribution in [0.5, 0.6) is 0 Å². The molecule has 1 aromatic carbocycles. The number of aromatic nitrogens is 2. The van der Waals surface area contributed by atoms with E-state index in [0.29, 0.717) is 13.0 Å². The lowest BCUT2D eigenvalue weighted by molar-refractivity contribution is -0.130. The second-order valence-corrected chi connectivity index (χ2v) is 6.68. The zero-order valence-corrected chi connectivity index (χ0v) is 14.1. The third-order valence-corrected chi connectivity index (χ3v) is 4.86. The number of carbonyl (C=O) groups excluding carboxylic acids is 1. The van der Waals surface area contributed by atoms with Crippen LogP contribution in [0.4, 0.5) is 0 Å². The highest BCUT2D eigenvalue weighted by Crippen LogP contribution is 2.25. The van der Waals surface area contributed by atoms with Gasteiger partial charge in [0.15, 0.2) is 0 Å². The maximum atomic E-state index is 12.4. The van der Waals surface area contributed by atoms with E-state index in [1.807, 2.05) is 43.6 Å². The van der Waals surface area contributed by atoms with E-state index in [1.54, 1.807) is 15.8 Å². The molecular formula is C19H25N3O2. The molecule has 0 saturated heterocycles. The van der Waals surface area contributed by atoms with Gasteiger partial charge in [-0.25, -0.2) is 4.68 Å². The summed E-state index contributed by atoms with van der Waals surface area (Å²) < 4.78 is 1.79. The fourth-order valence-electron chi connectivity index (χ4n) is 3.35. The van der Waals surface area contributed by atoms with Crippen molar-refractivity contribution in [3.63, 3.8) is 0 Å². The van der Waals surface area contributed by atoms with E-state index in [4.69, 9.17) is 0 Å². The normalized spacial score (nSPS) is 20.8. The van der Waals surface area contributed by atoms with Crippen molar-refractivity contribution in [3.8, 4) is 5.69 Å². The molecule has 1 saturated carbocycles. The van der Waals surface area contributed by atoms with Gasteiger partial charge in [-0.2, -0.15) is 5.10 Å². The number of likely N-dealkylation sites (N-methyl/N-ethyl adjacent to an activating group) is 1. The van der Waals surface area contributed by atoms with Crippen molar-refractivity contribution in [2.75, 3.05) is 13.6 Å². The summed E-state index contributed by atoms with van der Waals surface area (Å²) in [5.41, 5.74) is 1.97. The summed E-state index contributed by atoms with van der Waals surface area (Å²) in [6.45, 7) is 0.644. The predicted octanol–water partition coefficient (Wildman–Crippen LogP) is 2.42. The highest BCUT2D eigenvalue weighted by molar-refractivity contribution is 5.78. The number of amides is 1. The molecule has 5 nitrogen and oxygen atoms in total. The number of aliphatic hydroxyl groups is 1. The molecule has 24 heavy (non-hydrogen) atoms. The molecule has 0 spiro atoms. The van der Waals surface area contributed by atoms with E-state index >= 15 is 0 Å².